The van der Waals surface area contributed by atoms with E-state index in [1.807, 2.05) is 52.2 Å². The second kappa shape index (κ2) is 9.37. The van der Waals surface area contributed by atoms with Gasteiger partial charge in [0.2, 0.25) is 5.91 Å². The van der Waals surface area contributed by atoms with E-state index in [0.717, 1.165) is 18.8 Å². The number of hydrogen-bond donors (Lipinski definition) is 2. The number of benzene rings is 1. The number of hydrogen-bond acceptors (Lipinski definition) is 4. The zero-order valence-electron chi connectivity index (χ0n) is 13.5. The first kappa shape index (κ1) is 17.5. The van der Waals surface area contributed by atoms with Crippen molar-refractivity contribution >= 4 is 11.6 Å². The molecule has 2 N–H and O–H groups in total. The topological polar surface area (TPSA) is 53.6 Å². The van der Waals surface area contributed by atoms with Gasteiger partial charge in [-0.2, -0.15) is 0 Å². The molecule has 1 rings (SSSR count). The third kappa shape index (κ3) is 7.68. The Morgan fingerprint density at radius 2 is 1.95 bits per heavy atom. The molecule has 0 heterocycles. The van der Waals surface area contributed by atoms with Gasteiger partial charge in [0.25, 0.3) is 0 Å². The Morgan fingerprint density at radius 3 is 2.62 bits per heavy atom. The van der Waals surface area contributed by atoms with Gasteiger partial charge in [0.05, 0.1) is 11.8 Å². The van der Waals surface area contributed by atoms with Crippen molar-refractivity contribution in [3.05, 3.63) is 24.3 Å². The van der Waals surface area contributed by atoms with E-state index in [4.69, 9.17) is 4.74 Å². The lowest BCUT2D eigenvalue weighted by Gasteiger charge is -2.15. The predicted molar refractivity (Wildman–Crippen MR) is 86.9 cm³/mol. The lowest BCUT2D eigenvalue weighted by Crippen LogP contribution is -2.29. The predicted octanol–water partition coefficient (Wildman–Crippen LogP) is 1.95. The number of amides is 1. The van der Waals surface area contributed by atoms with Crippen LogP contribution in [0.5, 0.6) is 5.75 Å². The Hall–Kier alpha value is -1.59. The van der Waals surface area contributed by atoms with Gasteiger partial charge in [-0.1, -0.05) is 12.1 Å². The van der Waals surface area contributed by atoms with Crippen molar-refractivity contribution in [1.82, 2.24) is 10.2 Å². The Labute approximate surface area is 127 Å². The number of carbonyl (C=O) groups is 1. The lowest BCUT2D eigenvalue weighted by molar-refractivity contribution is -0.116. The van der Waals surface area contributed by atoms with Crippen LogP contribution in [-0.4, -0.2) is 50.6 Å². The highest BCUT2D eigenvalue weighted by atomic mass is 16.5. The average molecular weight is 293 g/mol. The summed E-state index contributed by atoms with van der Waals surface area (Å²) < 4.78 is 5.68. The summed E-state index contributed by atoms with van der Waals surface area (Å²) in [5.74, 6) is 0.702. The Morgan fingerprint density at radius 1 is 1.24 bits per heavy atom. The standard InChI is InChI=1S/C16H27N3O2/c1-13(2)21-15-8-6-5-7-14(15)18-16(20)9-10-17-11-12-19(3)4/h5-8,13,17H,9-12H2,1-4H3,(H,18,20). The minimum Gasteiger partial charge on any atom is -0.489 e. The third-order valence-electron chi connectivity index (χ3n) is 2.79. The van der Waals surface area contributed by atoms with Crippen molar-refractivity contribution in [2.45, 2.75) is 26.4 Å². The Kier molecular flexibility index (Phi) is 7.79. The smallest absolute Gasteiger partial charge is 0.225 e. The van der Waals surface area contributed by atoms with Crippen molar-refractivity contribution in [2.75, 3.05) is 39.0 Å². The number of likely N-dealkylation sites (N-methyl/N-ethyl adjacent to an activating group) is 1. The summed E-state index contributed by atoms with van der Waals surface area (Å²) in [6, 6.07) is 7.51. The van der Waals surface area contributed by atoms with E-state index in [1.54, 1.807) is 0 Å². The Balaban J connectivity index is 2.37. The zero-order chi connectivity index (χ0) is 15.7. The quantitative estimate of drug-likeness (QED) is 0.683. The highest BCUT2D eigenvalue weighted by Crippen LogP contribution is 2.24. The molecule has 0 aliphatic carbocycles. The summed E-state index contributed by atoms with van der Waals surface area (Å²) in [6.45, 7) is 6.45. The molecule has 1 aromatic carbocycles. The maximum atomic E-state index is 11.9. The van der Waals surface area contributed by atoms with Crippen LogP contribution >= 0.6 is 0 Å². The fraction of sp³-hybridized carbons (Fsp3) is 0.562. The van der Waals surface area contributed by atoms with Crippen LogP contribution in [0.4, 0.5) is 5.69 Å². The number of nitrogens with zero attached hydrogens (tertiary/aromatic N) is 1. The number of carbonyl (C=O) groups excluding carboxylic acids is 1. The molecular weight excluding hydrogens is 266 g/mol. The van der Waals surface area contributed by atoms with Crippen LogP contribution in [0.15, 0.2) is 24.3 Å². The maximum absolute atomic E-state index is 11.9. The number of para-hydroxylation sites is 2. The monoisotopic (exact) mass is 293 g/mol. The van der Waals surface area contributed by atoms with Gasteiger partial charge in [0.15, 0.2) is 0 Å². The first-order valence-corrected chi connectivity index (χ1v) is 7.40. The largest absolute Gasteiger partial charge is 0.489 e. The molecule has 0 spiro atoms. The van der Waals surface area contributed by atoms with Gasteiger partial charge in [-0.15, -0.1) is 0 Å². The number of anilines is 1. The molecule has 0 saturated heterocycles. The van der Waals surface area contributed by atoms with Gasteiger partial charge in [-0.25, -0.2) is 0 Å². The molecular formula is C16H27N3O2. The van der Waals surface area contributed by atoms with Crippen molar-refractivity contribution < 1.29 is 9.53 Å². The summed E-state index contributed by atoms with van der Waals surface area (Å²) >= 11 is 0. The molecule has 0 saturated carbocycles. The van der Waals surface area contributed by atoms with Crippen LogP contribution in [0.25, 0.3) is 0 Å². The van der Waals surface area contributed by atoms with Crippen LogP contribution < -0.4 is 15.4 Å². The first-order valence-electron chi connectivity index (χ1n) is 7.40. The van der Waals surface area contributed by atoms with E-state index in [9.17, 15) is 4.79 Å². The summed E-state index contributed by atoms with van der Waals surface area (Å²) in [7, 11) is 4.06. The van der Waals surface area contributed by atoms with E-state index in [-0.39, 0.29) is 12.0 Å². The minimum absolute atomic E-state index is 0.00726. The highest BCUT2D eigenvalue weighted by Gasteiger charge is 2.08. The van der Waals surface area contributed by atoms with E-state index in [0.29, 0.717) is 18.7 Å². The molecule has 0 bridgehead atoms. The van der Waals surface area contributed by atoms with Gasteiger partial charge in [0, 0.05) is 26.1 Å². The second-order valence-corrected chi connectivity index (χ2v) is 5.51. The molecule has 0 unspecified atom stereocenters. The summed E-state index contributed by atoms with van der Waals surface area (Å²) in [5, 5.41) is 6.15. The number of rotatable bonds is 9. The summed E-state index contributed by atoms with van der Waals surface area (Å²) in [5.41, 5.74) is 0.726. The SMILES string of the molecule is CC(C)Oc1ccccc1NC(=O)CCNCCN(C)C. The van der Waals surface area contributed by atoms with E-state index >= 15 is 0 Å². The zero-order valence-corrected chi connectivity index (χ0v) is 13.5. The molecule has 0 aliphatic heterocycles. The maximum Gasteiger partial charge on any atom is 0.225 e. The van der Waals surface area contributed by atoms with Crippen LogP contribution in [0, 0.1) is 0 Å². The van der Waals surface area contributed by atoms with Crippen molar-refractivity contribution in [1.29, 1.82) is 0 Å². The molecule has 0 atom stereocenters. The average Bonchev–Trinajstić information content (AvgIpc) is 2.39. The van der Waals surface area contributed by atoms with Gasteiger partial charge in [0.1, 0.15) is 5.75 Å². The highest BCUT2D eigenvalue weighted by molar-refractivity contribution is 5.92. The molecule has 5 nitrogen and oxygen atoms in total. The van der Waals surface area contributed by atoms with E-state index in [1.165, 1.54) is 0 Å². The fourth-order valence-corrected chi connectivity index (χ4v) is 1.77. The van der Waals surface area contributed by atoms with Crippen molar-refractivity contribution in [3.63, 3.8) is 0 Å². The van der Waals surface area contributed by atoms with Gasteiger partial charge in [-0.05, 0) is 40.1 Å². The normalized spacial score (nSPS) is 11.0. The van der Waals surface area contributed by atoms with Crippen LogP contribution in [-0.2, 0) is 4.79 Å². The van der Waals surface area contributed by atoms with E-state index < -0.39 is 0 Å². The Bertz CT molecular complexity index is 433. The molecule has 118 valence electrons. The second-order valence-electron chi connectivity index (χ2n) is 5.51. The molecule has 0 fully saturated rings. The van der Waals surface area contributed by atoms with Crippen LogP contribution in [0.2, 0.25) is 0 Å². The van der Waals surface area contributed by atoms with Gasteiger partial charge >= 0.3 is 0 Å². The third-order valence-corrected chi connectivity index (χ3v) is 2.79. The van der Waals surface area contributed by atoms with Crippen LogP contribution in [0.1, 0.15) is 20.3 Å². The first-order chi connectivity index (χ1) is 9.99. The number of nitrogens with one attached hydrogen (secondary N) is 2. The van der Waals surface area contributed by atoms with Gasteiger partial charge in [-0.3, -0.25) is 4.79 Å². The minimum atomic E-state index is -0.00726. The molecule has 5 heteroatoms. The van der Waals surface area contributed by atoms with Gasteiger partial charge < -0.3 is 20.3 Å². The van der Waals surface area contributed by atoms with E-state index in [2.05, 4.69) is 15.5 Å². The lowest BCUT2D eigenvalue weighted by atomic mass is 10.2. The molecule has 0 aromatic heterocycles. The molecule has 0 radical (unpaired) electrons. The summed E-state index contributed by atoms with van der Waals surface area (Å²) in [6.07, 6.45) is 0.527. The molecule has 1 amide bonds. The molecule has 0 aliphatic rings. The fourth-order valence-electron chi connectivity index (χ4n) is 1.77. The van der Waals surface area contributed by atoms with Crippen molar-refractivity contribution in [3.8, 4) is 5.75 Å². The van der Waals surface area contributed by atoms with Crippen LogP contribution in [0.3, 0.4) is 0 Å². The molecule has 1 aromatic rings. The molecule has 21 heavy (non-hydrogen) atoms. The number of ether oxygens (including phenoxy) is 1. The van der Waals surface area contributed by atoms with Crippen molar-refractivity contribution in [2.24, 2.45) is 0 Å². The summed E-state index contributed by atoms with van der Waals surface area (Å²) in [4.78, 5) is 14.0.